The molecule has 3 aromatic rings. The molecule has 0 unspecified atom stereocenters. The molecule has 2 aromatic carbocycles. The van der Waals surface area contributed by atoms with Gasteiger partial charge >= 0.3 is 5.69 Å². The Morgan fingerprint density at radius 2 is 1.77 bits per heavy atom. The van der Waals surface area contributed by atoms with Gasteiger partial charge in [-0.2, -0.15) is 0 Å². The molecule has 1 aliphatic rings. The van der Waals surface area contributed by atoms with Crippen molar-refractivity contribution in [3.8, 4) is 5.75 Å². The molecule has 0 amide bonds. The Morgan fingerprint density at radius 1 is 1.06 bits per heavy atom. The molecule has 10 heteroatoms. The lowest BCUT2D eigenvalue weighted by Gasteiger charge is -2.36. The van der Waals surface area contributed by atoms with Gasteiger partial charge in [0, 0.05) is 42.6 Å². The molecule has 2 heterocycles. The number of hydrogen-bond donors (Lipinski definition) is 1. The summed E-state index contributed by atoms with van der Waals surface area (Å²) in [4.78, 5) is 23.9. The Bertz CT molecular complexity index is 1070. The van der Waals surface area contributed by atoms with Gasteiger partial charge in [-0.1, -0.05) is 17.7 Å². The maximum atomic E-state index is 11.9. The van der Waals surface area contributed by atoms with E-state index in [0.717, 1.165) is 11.4 Å². The maximum absolute atomic E-state index is 11.9. The third kappa shape index (κ3) is 4.61. The zero-order valence-electron chi connectivity index (χ0n) is 16.9. The number of nitro groups is 1. The van der Waals surface area contributed by atoms with Crippen molar-refractivity contribution in [2.45, 2.75) is 0 Å². The number of aromatic nitrogens is 2. The van der Waals surface area contributed by atoms with Crippen LogP contribution in [0, 0.1) is 10.1 Å². The molecule has 0 radical (unpaired) electrons. The normalized spacial score (nSPS) is 13.7. The predicted molar refractivity (Wildman–Crippen MR) is 121 cm³/mol. The number of hydrogen-bond acceptors (Lipinski definition) is 8. The smallest absolute Gasteiger partial charge is 0.353 e. The van der Waals surface area contributed by atoms with Crippen LogP contribution in [0.3, 0.4) is 0 Å². The first-order valence-electron chi connectivity index (χ1n) is 9.71. The van der Waals surface area contributed by atoms with E-state index in [9.17, 15) is 10.1 Å². The second-order valence-electron chi connectivity index (χ2n) is 6.96. The van der Waals surface area contributed by atoms with Gasteiger partial charge in [-0.05, 0) is 42.5 Å². The summed E-state index contributed by atoms with van der Waals surface area (Å²) in [6, 6.07) is 14.8. The van der Waals surface area contributed by atoms with E-state index in [-0.39, 0.29) is 11.5 Å². The number of piperazine rings is 1. The number of rotatable bonds is 6. The third-order valence-electron chi connectivity index (χ3n) is 5.09. The molecule has 1 aromatic heterocycles. The van der Waals surface area contributed by atoms with E-state index >= 15 is 0 Å². The quantitative estimate of drug-likeness (QED) is 0.451. The monoisotopic (exact) mass is 440 g/mol. The lowest BCUT2D eigenvalue weighted by molar-refractivity contribution is -0.383. The molecule has 9 nitrogen and oxygen atoms in total. The molecule has 160 valence electrons. The van der Waals surface area contributed by atoms with Crippen molar-refractivity contribution in [2.75, 3.05) is 48.4 Å². The summed E-state index contributed by atoms with van der Waals surface area (Å²) >= 11 is 6.02. The molecule has 1 saturated heterocycles. The topological polar surface area (TPSA) is 96.7 Å². The summed E-state index contributed by atoms with van der Waals surface area (Å²) < 4.78 is 5.21. The number of anilines is 4. The number of benzene rings is 2. The van der Waals surface area contributed by atoms with Crippen LogP contribution in [0.5, 0.6) is 5.75 Å². The highest BCUT2D eigenvalue weighted by Crippen LogP contribution is 2.34. The van der Waals surface area contributed by atoms with Gasteiger partial charge in [0.25, 0.3) is 0 Å². The van der Waals surface area contributed by atoms with Gasteiger partial charge in [-0.3, -0.25) is 10.1 Å². The molecule has 0 spiro atoms. The maximum Gasteiger partial charge on any atom is 0.353 e. The molecule has 0 saturated carbocycles. The summed E-state index contributed by atoms with van der Waals surface area (Å²) in [7, 11) is 1.64. The predicted octanol–water partition coefficient (Wildman–Crippen LogP) is 4.12. The summed E-state index contributed by atoms with van der Waals surface area (Å²) in [5, 5.41) is 15.4. The zero-order valence-corrected chi connectivity index (χ0v) is 17.6. The molecule has 1 N–H and O–H groups in total. The first kappa shape index (κ1) is 20.7. The van der Waals surface area contributed by atoms with E-state index in [1.54, 1.807) is 31.4 Å². The number of nitrogens with zero attached hydrogens (tertiary/aromatic N) is 5. The van der Waals surface area contributed by atoms with E-state index in [0.29, 0.717) is 42.7 Å². The van der Waals surface area contributed by atoms with E-state index in [1.165, 1.54) is 6.33 Å². The Balaban J connectivity index is 1.53. The molecule has 1 aliphatic heterocycles. The summed E-state index contributed by atoms with van der Waals surface area (Å²) in [5.74, 6) is 1.24. The minimum absolute atomic E-state index is 0.134. The Morgan fingerprint density at radius 3 is 2.42 bits per heavy atom. The molecular formula is C21H21ClN6O3. The molecule has 0 aliphatic carbocycles. The average molecular weight is 441 g/mol. The number of halogens is 1. The SMILES string of the molecule is COc1ccc(N2CCN(c3ncnc(Nc4cccc(Cl)c4)c3[N+](=O)[O-])CC2)cc1. The van der Waals surface area contributed by atoms with Crippen LogP contribution in [0.25, 0.3) is 0 Å². The van der Waals surface area contributed by atoms with Crippen LogP contribution >= 0.6 is 11.6 Å². The Labute approximate surface area is 184 Å². The summed E-state index contributed by atoms with van der Waals surface area (Å²) in [6.45, 7) is 2.62. The van der Waals surface area contributed by atoms with E-state index in [2.05, 4.69) is 20.2 Å². The number of ether oxygens (including phenoxy) is 1. The Hall–Kier alpha value is -3.59. The highest BCUT2D eigenvalue weighted by Gasteiger charge is 2.29. The largest absolute Gasteiger partial charge is 0.497 e. The standard InChI is InChI=1S/C21H21ClN6O3/c1-31-18-7-5-17(6-8-18)26-9-11-27(12-10-26)21-19(28(29)30)20(23-14-24-21)25-16-4-2-3-15(22)13-16/h2-8,13-14H,9-12H2,1H3,(H,23,24,25). The fourth-order valence-corrected chi connectivity index (χ4v) is 3.72. The van der Waals surface area contributed by atoms with E-state index < -0.39 is 4.92 Å². The van der Waals surface area contributed by atoms with Gasteiger partial charge < -0.3 is 19.9 Å². The van der Waals surface area contributed by atoms with Crippen molar-refractivity contribution in [3.05, 3.63) is 70.0 Å². The van der Waals surface area contributed by atoms with Crippen LogP contribution < -0.4 is 19.9 Å². The molecule has 31 heavy (non-hydrogen) atoms. The van der Waals surface area contributed by atoms with Crippen LogP contribution in [0.1, 0.15) is 0 Å². The van der Waals surface area contributed by atoms with Crippen LogP contribution in [-0.2, 0) is 0 Å². The highest BCUT2D eigenvalue weighted by molar-refractivity contribution is 6.30. The van der Waals surface area contributed by atoms with Crippen molar-refractivity contribution in [1.82, 2.24) is 9.97 Å². The molecule has 0 atom stereocenters. The molecule has 0 bridgehead atoms. The van der Waals surface area contributed by atoms with Crippen molar-refractivity contribution in [3.63, 3.8) is 0 Å². The van der Waals surface area contributed by atoms with Gasteiger partial charge in [0.1, 0.15) is 12.1 Å². The van der Waals surface area contributed by atoms with Gasteiger partial charge in [-0.15, -0.1) is 0 Å². The van der Waals surface area contributed by atoms with E-state index in [4.69, 9.17) is 16.3 Å². The number of nitrogens with one attached hydrogen (secondary N) is 1. The van der Waals surface area contributed by atoms with Crippen LogP contribution in [-0.4, -0.2) is 48.2 Å². The lowest BCUT2D eigenvalue weighted by Crippen LogP contribution is -2.47. The minimum atomic E-state index is -0.446. The number of methoxy groups -OCH3 is 1. The van der Waals surface area contributed by atoms with Gasteiger partial charge in [-0.25, -0.2) is 9.97 Å². The van der Waals surface area contributed by atoms with Crippen LogP contribution in [0.2, 0.25) is 5.02 Å². The zero-order chi connectivity index (χ0) is 21.8. The first-order valence-corrected chi connectivity index (χ1v) is 10.1. The fourth-order valence-electron chi connectivity index (χ4n) is 3.53. The Kier molecular flexibility index (Phi) is 6.03. The van der Waals surface area contributed by atoms with Crippen LogP contribution in [0.4, 0.5) is 28.7 Å². The van der Waals surface area contributed by atoms with Crippen molar-refractivity contribution in [1.29, 1.82) is 0 Å². The van der Waals surface area contributed by atoms with Gasteiger partial charge in [0.05, 0.1) is 12.0 Å². The molecular weight excluding hydrogens is 420 g/mol. The van der Waals surface area contributed by atoms with Crippen molar-refractivity contribution >= 4 is 40.3 Å². The van der Waals surface area contributed by atoms with E-state index in [1.807, 2.05) is 29.2 Å². The van der Waals surface area contributed by atoms with Gasteiger partial charge in [0.2, 0.25) is 11.6 Å². The summed E-state index contributed by atoms with van der Waals surface area (Å²) in [5.41, 5.74) is 1.55. The second kappa shape index (κ2) is 9.05. The first-order chi connectivity index (χ1) is 15.0. The molecule has 1 fully saturated rings. The highest BCUT2D eigenvalue weighted by atomic mass is 35.5. The van der Waals surface area contributed by atoms with Crippen molar-refractivity contribution < 1.29 is 9.66 Å². The summed E-state index contributed by atoms with van der Waals surface area (Å²) in [6.07, 6.45) is 1.34. The average Bonchev–Trinajstić information content (AvgIpc) is 2.79. The van der Waals surface area contributed by atoms with Crippen molar-refractivity contribution in [2.24, 2.45) is 0 Å². The minimum Gasteiger partial charge on any atom is -0.497 e. The van der Waals surface area contributed by atoms with Crippen LogP contribution in [0.15, 0.2) is 54.9 Å². The lowest BCUT2D eigenvalue weighted by atomic mass is 10.2. The second-order valence-corrected chi connectivity index (χ2v) is 7.40. The third-order valence-corrected chi connectivity index (χ3v) is 5.32. The van der Waals surface area contributed by atoms with Gasteiger partial charge in [0.15, 0.2) is 0 Å². The molecule has 4 rings (SSSR count). The fraction of sp³-hybridized carbons (Fsp3) is 0.238.